The first kappa shape index (κ1) is 17.4. The van der Waals surface area contributed by atoms with Crippen LogP contribution >= 0.6 is 0 Å². The zero-order valence-electron chi connectivity index (χ0n) is 15.0. The number of nitrogens with zero attached hydrogens (tertiary/aromatic N) is 3. The molecule has 1 N–H and O–H groups in total. The molecular formula is C19H24N4O2. The highest BCUT2D eigenvalue weighted by Gasteiger charge is 2.18. The minimum Gasteiger partial charge on any atom is -0.378 e. The van der Waals surface area contributed by atoms with Crippen LogP contribution in [-0.2, 0) is 4.74 Å². The zero-order chi connectivity index (χ0) is 17.8. The molecule has 1 saturated heterocycles. The van der Waals surface area contributed by atoms with E-state index in [4.69, 9.17) is 4.74 Å². The Morgan fingerprint density at radius 2 is 1.92 bits per heavy atom. The van der Waals surface area contributed by atoms with E-state index < -0.39 is 0 Å². The molecule has 0 aliphatic carbocycles. The molecule has 6 nitrogen and oxygen atoms in total. The summed E-state index contributed by atoms with van der Waals surface area (Å²) in [5.74, 6) is 1.48. The zero-order valence-corrected chi connectivity index (χ0v) is 15.0. The molecule has 1 aliphatic heterocycles. The van der Waals surface area contributed by atoms with E-state index in [0.29, 0.717) is 30.7 Å². The Bertz CT molecular complexity index is 755. The number of rotatable bonds is 4. The highest BCUT2D eigenvalue weighted by atomic mass is 16.5. The fourth-order valence-electron chi connectivity index (χ4n) is 2.92. The lowest BCUT2D eigenvalue weighted by atomic mass is 10.0. The van der Waals surface area contributed by atoms with Gasteiger partial charge in [0.05, 0.1) is 13.2 Å². The van der Waals surface area contributed by atoms with Gasteiger partial charge >= 0.3 is 0 Å². The van der Waals surface area contributed by atoms with Crippen molar-refractivity contribution in [1.29, 1.82) is 0 Å². The van der Waals surface area contributed by atoms with Crippen LogP contribution in [0.25, 0.3) is 0 Å². The second kappa shape index (κ2) is 7.61. The lowest BCUT2D eigenvalue weighted by molar-refractivity contribution is 0.102. The van der Waals surface area contributed by atoms with Crippen LogP contribution in [0.3, 0.4) is 0 Å². The van der Waals surface area contributed by atoms with E-state index in [-0.39, 0.29) is 5.91 Å². The van der Waals surface area contributed by atoms with Crippen molar-refractivity contribution >= 4 is 17.4 Å². The minimum atomic E-state index is -0.215. The smallest absolute Gasteiger partial charge is 0.274 e. The maximum Gasteiger partial charge on any atom is 0.274 e. The topological polar surface area (TPSA) is 67.4 Å². The molecule has 0 bridgehead atoms. The van der Waals surface area contributed by atoms with Crippen LogP contribution in [0.1, 0.15) is 41.6 Å². The number of morpholine rings is 1. The van der Waals surface area contributed by atoms with E-state index in [1.54, 1.807) is 6.07 Å². The molecule has 0 spiro atoms. The largest absolute Gasteiger partial charge is 0.378 e. The van der Waals surface area contributed by atoms with Gasteiger partial charge in [-0.1, -0.05) is 32.0 Å². The third-order valence-corrected chi connectivity index (χ3v) is 4.22. The van der Waals surface area contributed by atoms with Crippen LogP contribution in [0.4, 0.5) is 11.5 Å². The Morgan fingerprint density at radius 1 is 1.20 bits per heavy atom. The van der Waals surface area contributed by atoms with Gasteiger partial charge in [0.25, 0.3) is 5.91 Å². The molecule has 1 fully saturated rings. The second-order valence-corrected chi connectivity index (χ2v) is 6.45. The number of anilines is 2. The van der Waals surface area contributed by atoms with E-state index in [0.717, 1.165) is 30.2 Å². The number of amides is 1. The fourth-order valence-corrected chi connectivity index (χ4v) is 2.92. The Labute approximate surface area is 148 Å². The molecule has 0 atom stereocenters. The first-order valence-electron chi connectivity index (χ1n) is 8.63. The van der Waals surface area contributed by atoms with Gasteiger partial charge in [-0.2, -0.15) is 0 Å². The van der Waals surface area contributed by atoms with Crippen molar-refractivity contribution < 1.29 is 9.53 Å². The van der Waals surface area contributed by atoms with E-state index >= 15 is 0 Å². The molecular weight excluding hydrogens is 316 g/mol. The van der Waals surface area contributed by atoms with Crippen LogP contribution in [0.2, 0.25) is 0 Å². The molecule has 3 rings (SSSR count). The molecule has 6 heteroatoms. The number of aryl methyl sites for hydroxylation is 1. The van der Waals surface area contributed by atoms with Crippen LogP contribution in [0.5, 0.6) is 0 Å². The van der Waals surface area contributed by atoms with Crippen LogP contribution < -0.4 is 10.2 Å². The first-order chi connectivity index (χ1) is 12.0. The first-order valence-corrected chi connectivity index (χ1v) is 8.63. The standard InChI is InChI=1S/C19H24N4O2/c1-13(2)15-6-4-5-7-16(15)22-19(24)17-12-18(21-14(3)20-17)23-8-10-25-11-9-23/h4-7,12-13H,8-11H2,1-3H3,(H,22,24). The number of carbonyl (C=O) groups excluding carboxylic acids is 1. The van der Waals surface area contributed by atoms with Gasteiger partial charge in [0.1, 0.15) is 17.3 Å². The average molecular weight is 340 g/mol. The molecule has 2 heterocycles. The molecule has 1 aliphatic rings. The number of para-hydroxylation sites is 1. The fraction of sp³-hybridized carbons (Fsp3) is 0.421. The van der Waals surface area contributed by atoms with Crippen LogP contribution in [-0.4, -0.2) is 42.2 Å². The molecule has 2 aromatic rings. The van der Waals surface area contributed by atoms with Crippen molar-refractivity contribution in [1.82, 2.24) is 9.97 Å². The van der Waals surface area contributed by atoms with Gasteiger partial charge in [0, 0.05) is 24.8 Å². The molecule has 0 radical (unpaired) electrons. The number of carbonyl (C=O) groups is 1. The Kier molecular flexibility index (Phi) is 5.28. The summed E-state index contributed by atoms with van der Waals surface area (Å²) in [4.78, 5) is 23.6. The van der Waals surface area contributed by atoms with Gasteiger partial charge in [-0.05, 0) is 24.5 Å². The van der Waals surface area contributed by atoms with E-state index in [9.17, 15) is 4.79 Å². The highest BCUT2D eigenvalue weighted by Crippen LogP contribution is 2.24. The molecule has 0 unspecified atom stereocenters. The van der Waals surface area contributed by atoms with Gasteiger partial charge in [-0.15, -0.1) is 0 Å². The number of aromatic nitrogens is 2. The summed E-state index contributed by atoms with van der Waals surface area (Å²) in [5.41, 5.74) is 2.31. The summed E-state index contributed by atoms with van der Waals surface area (Å²) in [6, 6.07) is 9.61. The van der Waals surface area contributed by atoms with Gasteiger partial charge in [0.15, 0.2) is 0 Å². The van der Waals surface area contributed by atoms with Gasteiger partial charge < -0.3 is 15.0 Å². The van der Waals surface area contributed by atoms with Crippen molar-refractivity contribution in [2.24, 2.45) is 0 Å². The molecule has 0 saturated carbocycles. The Balaban J connectivity index is 1.84. The second-order valence-electron chi connectivity index (χ2n) is 6.45. The summed E-state index contributed by atoms with van der Waals surface area (Å²) in [5, 5.41) is 2.99. The van der Waals surface area contributed by atoms with Gasteiger partial charge in [-0.25, -0.2) is 9.97 Å². The quantitative estimate of drug-likeness (QED) is 0.927. The number of hydrogen-bond donors (Lipinski definition) is 1. The molecule has 1 aromatic heterocycles. The Hall–Kier alpha value is -2.47. The van der Waals surface area contributed by atoms with Crippen molar-refractivity contribution in [2.75, 3.05) is 36.5 Å². The number of nitrogens with one attached hydrogen (secondary N) is 1. The number of hydrogen-bond acceptors (Lipinski definition) is 5. The molecule has 1 amide bonds. The third kappa shape index (κ3) is 4.14. The summed E-state index contributed by atoms with van der Waals surface area (Å²) < 4.78 is 5.38. The predicted octanol–water partition coefficient (Wildman–Crippen LogP) is 3.00. The molecule has 1 aromatic carbocycles. The van der Waals surface area contributed by atoms with E-state index in [1.165, 1.54) is 0 Å². The highest BCUT2D eigenvalue weighted by molar-refractivity contribution is 6.03. The SMILES string of the molecule is Cc1nc(C(=O)Nc2ccccc2C(C)C)cc(N2CCOCC2)n1. The Morgan fingerprint density at radius 3 is 2.64 bits per heavy atom. The molecule has 25 heavy (non-hydrogen) atoms. The van der Waals surface area contributed by atoms with Crippen molar-refractivity contribution in [2.45, 2.75) is 26.7 Å². The maximum atomic E-state index is 12.7. The maximum absolute atomic E-state index is 12.7. The van der Waals surface area contributed by atoms with E-state index in [1.807, 2.05) is 31.2 Å². The lowest BCUT2D eigenvalue weighted by Gasteiger charge is -2.28. The summed E-state index contributed by atoms with van der Waals surface area (Å²) in [6.45, 7) is 8.91. The van der Waals surface area contributed by atoms with Crippen LogP contribution in [0, 0.1) is 6.92 Å². The normalized spacial score (nSPS) is 14.6. The van der Waals surface area contributed by atoms with Crippen LogP contribution in [0.15, 0.2) is 30.3 Å². The van der Waals surface area contributed by atoms with Crippen molar-refractivity contribution in [3.8, 4) is 0 Å². The third-order valence-electron chi connectivity index (χ3n) is 4.22. The minimum absolute atomic E-state index is 0.215. The summed E-state index contributed by atoms with van der Waals surface area (Å²) >= 11 is 0. The monoisotopic (exact) mass is 340 g/mol. The predicted molar refractivity (Wildman–Crippen MR) is 98.3 cm³/mol. The van der Waals surface area contributed by atoms with E-state index in [2.05, 4.69) is 34.0 Å². The summed E-state index contributed by atoms with van der Waals surface area (Å²) in [7, 11) is 0. The lowest BCUT2D eigenvalue weighted by Crippen LogP contribution is -2.37. The molecule has 132 valence electrons. The average Bonchev–Trinajstić information content (AvgIpc) is 2.62. The van der Waals surface area contributed by atoms with Crippen molar-refractivity contribution in [3.05, 3.63) is 47.4 Å². The number of ether oxygens (including phenoxy) is 1. The van der Waals surface area contributed by atoms with Crippen molar-refractivity contribution in [3.63, 3.8) is 0 Å². The number of benzene rings is 1. The van der Waals surface area contributed by atoms with Gasteiger partial charge in [-0.3, -0.25) is 4.79 Å². The summed E-state index contributed by atoms with van der Waals surface area (Å²) in [6.07, 6.45) is 0. The van der Waals surface area contributed by atoms with Gasteiger partial charge in [0.2, 0.25) is 0 Å².